The van der Waals surface area contributed by atoms with Crippen LogP contribution >= 0.6 is 11.6 Å². The molecule has 118 valence electrons. The molecule has 0 aliphatic rings. The molecule has 0 heterocycles. The maximum atomic E-state index is 12.5. The van der Waals surface area contributed by atoms with Gasteiger partial charge in [0, 0.05) is 31.7 Å². The van der Waals surface area contributed by atoms with E-state index in [4.69, 9.17) is 17.3 Å². The molecule has 0 aliphatic carbocycles. The quantitative estimate of drug-likeness (QED) is 0.793. The molecule has 0 bridgehead atoms. The van der Waals surface area contributed by atoms with Crippen LogP contribution in [0.1, 0.15) is 20.3 Å². The molecule has 1 aromatic rings. The Kier molecular flexibility index (Phi) is 6.60. The summed E-state index contributed by atoms with van der Waals surface area (Å²) in [6.45, 7) is 4.42. The Morgan fingerprint density at radius 1 is 1.33 bits per heavy atom. The van der Waals surface area contributed by atoms with Crippen LogP contribution in [0.4, 0.5) is 5.69 Å². The molecule has 8 heteroatoms. The van der Waals surface area contributed by atoms with Crippen molar-refractivity contribution in [2.45, 2.75) is 25.2 Å². The van der Waals surface area contributed by atoms with E-state index in [-0.39, 0.29) is 28.8 Å². The van der Waals surface area contributed by atoms with Crippen LogP contribution in [-0.2, 0) is 14.8 Å². The van der Waals surface area contributed by atoms with Crippen LogP contribution in [0.25, 0.3) is 0 Å². The lowest BCUT2D eigenvalue weighted by atomic mass is 10.3. The highest BCUT2D eigenvalue weighted by molar-refractivity contribution is 7.89. The number of hydrogen-bond donors (Lipinski definition) is 2. The number of carbonyl (C=O) groups is 1. The number of rotatable bonds is 7. The minimum Gasteiger partial charge on any atom is -0.330 e. The second kappa shape index (κ2) is 7.74. The predicted molar refractivity (Wildman–Crippen MR) is 83.9 cm³/mol. The Hall–Kier alpha value is -1.15. The third-order valence-corrected chi connectivity index (χ3v) is 5.44. The van der Waals surface area contributed by atoms with Crippen molar-refractivity contribution < 1.29 is 13.2 Å². The van der Waals surface area contributed by atoms with E-state index in [0.717, 1.165) is 0 Å². The Bertz CT molecular complexity index is 601. The highest BCUT2D eigenvalue weighted by Crippen LogP contribution is 2.27. The molecular formula is C13H20ClN3O3S. The van der Waals surface area contributed by atoms with E-state index in [1.165, 1.54) is 16.4 Å². The van der Waals surface area contributed by atoms with Gasteiger partial charge in [-0.05, 0) is 18.2 Å². The molecule has 1 aromatic carbocycles. The predicted octanol–water partition coefficient (Wildman–Crippen LogP) is 1.66. The van der Waals surface area contributed by atoms with E-state index in [1.54, 1.807) is 19.9 Å². The molecule has 21 heavy (non-hydrogen) atoms. The van der Waals surface area contributed by atoms with Gasteiger partial charge in [-0.25, -0.2) is 8.42 Å². The fourth-order valence-corrected chi connectivity index (χ4v) is 3.79. The highest BCUT2D eigenvalue weighted by atomic mass is 35.5. The van der Waals surface area contributed by atoms with Gasteiger partial charge >= 0.3 is 0 Å². The Labute approximate surface area is 130 Å². The zero-order valence-corrected chi connectivity index (χ0v) is 13.7. The third kappa shape index (κ3) is 4.41. The van der Waals surface area contributed by atoms with Crippen LogP contribution in [0.5, 0.6) is 0 Å². The van der Waals surface area contributed by atoms with E-state index in [9.17, 15) is 13.2 Å². The molecule has 0 aliphatic heterocycles. The zero-order chi connectivity index (χ0) is 16.0. The molecule has 0 atom stereocenters. The summed E-state index contributed by atoms with van der Waals surface area (Å²) in [5.41, 5.74) is 5.68. The lowest BCUT2D eigenvalue weighted by molar-refractivity contribution is -0.116. The number of carbonyl (C=O) groups excluding carboxylic acids is 1. The molecule has 0 aromatic heterocycles. The number of nitrogens with two attached hydrogens (primary N) is 1. The van der Waals surface area contributed by atoms with Crippen LogP contribution in [0.3, 0.4) is 0 Å². The van der Waals surface area contributed by atoms with Crippen molar-refractivity contribution in [1.29, 1.82) is 0 Å². The number of hydrogen-bond acceptors (Lipinski definition) is 4. The van der Waals surface area contributed by atoms with Gasteiger partial charge in [-0.1, -0.05) is 25.4 Å². The van der Waals surface area contributed by atoms with E-state index in [2.05, 4.69) is 5.32 Å². The topological polar surface area (TPSA) is 92.5 Å². The molecule has 3 N–H and O–H groups in total. The first-order chi connectivity index (χ1) is 9.86. The van der Waals surface area contributed by atoms with Crippen molar-refractivity contribution in [1.82, 2.24) is 4.31 Å². The fraction of sp³-hybridized carbons (Fsp3) is 0.462. The number of sulfonamides is 1. The summed E-state index contributed by atoms with van der Waals surface area (Å²) in [4.78, 5) is 11.5. The minimum atomic E-state index is -3.68. The first kappa shape index (κ1) is 17.9. The summed E-state index contributed by atoms with van der Waals surface area (Å²) in [5, 5.41) is 2.72. The summed E-state index contributed by atoms with van der Waals surface area (Å²) in [7, 11) is -3.68. The maximum absolute atomic E-state index is 12.5. The second-order valence-corrected chi connectivity index (χ2v) is 6.63. The molecule has 1 rings (SSSR count). The van der Waals surface area contributed by atoms with Crippen molar-refractivity contribution in [2.75, 3.05) is 25.0 Å². The normalized spacial score (nSPS) is 11.7. The SMILES string of the molecule is CCN(CC)S(=O)(=O)c1cc(NC(=O)CCN)ccc1Cl. The average molecular weight is 334 g/mol. The van der Waals surface area contributed by atoms with Crippen molar-refractivity contribution >= 4 is 33.2 Å². The number of nitrogens with one attached hydrogen (secondary N) is 1. The molecular weight excluding hydrogens is 314 g/mol. The van der Waals surface area contributed by atoms with Gasteiger partial charge in [-0.15, -0.1) is 0 Å². The summed E-state index contributed by atoms with van der Waals surface area (Å²) in [5.74, 6) is -0.272. The van der Waals surface area contributed by atoms with Crippen molar-refractivity contribution in [3.8, 4) is 0 Å². The molecule has 0 saturated carbocycles. The number of benzene rings is 1. The maximum Gasteiger partial charge on any atom is 0.244 e. The van der Waals surface area contributed by atoms with E-state index in [1.807, 2.05) is 0 Å². The summed E-state index contributed by atoms with van der Waals surface area (Å²) < 4.78 is 26.3. The highest BCUT2D eigenvalue weighted by Gasteiger charge is 2.24. The first-order valence-electron chi connectivity index (χ1n) is 6.66. The van der Waals surface area contributed by atoms with E-state index in [0.29, 0.717) is 18.8 Å². The van der Waals surface area contributed by atoms with Crippen LogP contribution in [0.2, 0.25) is 5.02 Å². The Morgan fingerprint density at radius 2 is 1.95 bits per heavy atom. The largest absolute Gasteiger partial charge is 0.330 e. The first-order valence-corrected chi connectivity index (χ1v) is 8.48. The second-order valence-electron chi connectivity index (χ2n) is 4.32. The lowest BCUT2D eigenvalue weighted by Gasteiger charge is -2.19. The molecule has 0 saturated heterocycles. The number of amides is 1. The van der Waals surface area contributed by atoms with Crippen LogP contribution in [-0.4, -0.2) is 38.3 Å². The summed E-state index contributed by atoms with van der Waals surface area (Å²) in [6, 6.07) is 4.37. The number of halogens is 1. The molecule has 1 amide bonds. The molecule has 6 nitrogen and oxygen atoms in total. The van der Waals surface area contributed by atoms with Crippen LogP contribution < -0.4 is 11.1 Å². The Morgan fingerprint density at radius 3 is 2.48 bits per heavy atom. The molecule has 0 fully saturated rings. The molecule has 0 unspecified atom stereocenters. The van der Waals surface area contributed by atoms with Crippen molar-refractivity contribution in [2.24, 2.45) is 5.73 Å². The standard InChI is InChI=1S/C13H20ClN3O3S/c1-3-17(4-2)21(19,20)12-9-10(5-6-11(12)14)16-13(18)7-8-15/h5-6,9H,3-4,7-8,15H2,1-2H3,(H,16,18). The number of nitrogens with zero attached hydrogens (tertiary/aromatic N) is 1. The van der Waals surface area contributed by atoms with E-state index >= 15 is 0 Å². The Balaban J connectivity index is 3.16. The van der Waals surface area contributed by atoms with Gasteiger partial charge in [-0.2, -0.15) is 4.31 Å². The molecule has 0 spiro atoms. The van der Waals surface area contributed by atoms with E-state index < -0.39 is 10.0 Å². The van der Waals surface area contributed by atoms with Gasteiger partial charge in [0.15, 0.2) is 0 Å². The van der Waals surface area contributed by atoms with Gasteiger partial charge in [0.25, 0.3) is 0 Å². The summed E-state index contributed by atoms with van der Waals surface area (Å²) >= 11 is 6.00. The smallest absolute Gasteiger partial charge is 0.244 e. The van der Waals surface area contributed by atoms with Gasteiger partial charge in [0.1, 0.15) is 4.90 Å². The van der Waals surface area contributed by atoms with Crippen molar-refractivity contribution in [3.63, 3.8) is 0 Å². The lowest BCUT2D eigenvalue weighted by Crippen LogP contribution is -2.30. The van der Waals surface area contributed by atoms with Gasteiger partial charge in [0.2, 0.25) is 15.9 Å². The van der Waals surface area contributed by atoms with Crippen molar-refractivity contribution in [3.05, 3.63) is 23.2 Å². The van der Waals surface area contributed by atoms with Crippen LogP contribution in [0.15, 0.2) is 23.1 Å². The average Bonchev–Trinajstić information content (AvgIpc) is 2.42. The van der Waals surface area contributed by atoms with Gasteiger partial charge in [-0.3, -0.25) is 4.79 Å². The van der Waals surface area contributed by atoms with Gasteiger partial charge < -0.3 is 11.1 Å². The fourth-order valence-electron chi connectivity index (χ4n) is 1.84. The van der Waals surface area contributed by atoms with Gasteiger partial charge in [0.05, 0.1) is 5.02 Å². The number of anilines is 1. The van der Waals surface area contributed by atoms with Crippen LogP contribution in [0, 0.1) is 0 Å². The monoisotopic (exact) mass is 333 g/mol. The zero-order valence-electron chi connectivity index (χ0n) is 12.1. The summed E-state index contributed by atoms with van der Waals surface area (Å²) in [6.07, 6.45) is 0.167. The minimum absolute atomic E-state index is 0.0154. The third-order valence-electron chi connectivity index (χ3n) is 2.91. The molecule has 0 radical (unpaired) electrons.